The Balaban J connectivity index is 2.11. The van der Waals surface area contributed by atoms with Crippen molar-refractivity contribution in [3.63, 3.8) is 0 Å². The van der Waals surface area contributed by atoms with E-state index in [9.17, 15) is 4.79 Å². The average Bonchev–Trinajstić information content (AvgIpc) is 2.89. The monoisotopic (exact) mass is 292 g/mol. The van der Waals surface area contributed by atoms with Crippen molar-refractivity contribution >= 4 is 5.82 Å². The zero-order chi connectivity index (χ0) is 15.5. The smallest absolute Gasteiger partial charge is 0.293 e. The minimum atomic E-state index is -0.0156. The van der Waals surface area contributed by atoms with E-state index in [-0.39, 0.29) is 11.1 Å². The van der Waals surface area contributed by atoms with E-state index >= 15 is 0 Å². The SMILES string of the molecule is CC(C)Cn1ccnc(NCC2(N(C)C)CCCC2)c1=O. The number of hydrogen-bond donors (Lipinski definition) is 1. The standard InChI is InChI=1S/C16H28N4O/c1-13(2)11-20-10-9-17-14(15(20)21)18-12-16(19(3)4)7-5-6-8-16/h9-10,13H,5-8,11-12H2,1-4H3,(H,17,18). The second-order valence-electron chi connectivity index (χ2n) is 6.81. The summed E-state index contributed by atoms with van der Waals surface area (Å²) >= 11 is 0. The van der Waals surface area contributed by atoms with Crippen LogP contribution in [0.15, 0.2) is 17.2 Å². The summed E-state index contributed by atoms with van der Waals surface area (Å²) in [5.74, 6) is 0.923. The van der Waals surface area contributed by atoms with Crippen LogP contribution < -0.4 is 10.9 Å². The Labute approximate surface area is 127 Å². The van der Waals surface area contributed by atoms with Crippen molar-refractivity contribution in [1.82, 2.24) is 14.5 Å². The lowest BCUT2D eigenvalue weighted by molar-refractivity contribution is 0.172. The van der Waals surface area contributed by atoms with Gasteiger partial charge in [-0.3, -0.25) is 4.79 Å². The van der Waals surface area contributed by atoms with Gasteiger partial charge in [0.1, 0.15) is 0 Å². The first-order valence-electron chi connectivity index (χ1n) is 7.91. The molecular formula is C16H28N4O. The lowest BCUT2D eigenvalue weighted by Gasteiger charge is -2.36. The molecule has 0 aliphatic heterocycles. The minimum absolute atomic E-state index is 0.0156. The predicted octanol–water partition coefficient (Wildman–Crippen LogP) is 2.19. The maximum absolute atomic E-state index is 12.4. The predicted molar refractivity (Wildman–Crippen MR) is 86.7 cm³/mol. The third-order valence-electron chi connectivity index (χ3n) is 4.54. The van der Waals surface area contributed by atoms with Gasteiger partial charge in [-0.15, -0.1) is 0 Å². The summed E-state index contributed by atoms with van der Waals surface area (Å²) < 4.78 is 1.75. The number of nitrogens with one attached hydrogen (secondary N) is 1. The molecule has 0 atom stereocenters. The second-order valence-corrected chi connectivity index (χ2v) is 6.81. The van der Waals surface area contributed by atoms with Gasteiger partial charge in [-0.1, -0.05) is 26.7 Å². The minimum Gasteiger partial charge on any atom is -0.364 e. The van der Waals surface area contributed by atoms with E-state index in [1.807, 2.05) is 0 Å². The Morgan fingerprint density at radius 1 is 1.38 bits per heavy atom. The Morgan fingerprint density at radius 3 is 2.62 bits per heavy atom. The zero-order valence-corrected chi connectivity index (χ0v) is 13.7. The largest absolute Gasteiger partial charge is 0.364 e. The fourth-order valence-electron chi connectivity index (χ4n) is 3.17. The van der Waals surface area contributed by atoms with Crippen molar-refractivity contribution in [2.45, 2.75) is 51.6 Å². The van der Waals surface area contributed by atoms with Gasteiger partial charge >= 0.3 is 0 Å². The zero-order valence-electron chi connectivity index (χ0n) is 13.7. The molecule has 118 valence electrons. The summed E-state index contributed by atoms with van der Waals surface area (Å²) in [6.45, 7) is 5.74. The average molecular weight is 292 g/mol. The molecule has 1 fully saturated rings. The molecule has 1 N–H and O–H groups in total. The molecule has 1 aliphatic rings. The van der Waals surface area contributed by atoms with Crippen molar-refractivity contribution in [3.05, 3.63) is 22.7 Å². The molecule has 0 bridgehead atoms. The molecule has 0 spiro atoms. The van der Waals surface area contributed by atoms with Crippen molar-refractivity contribution in [2.24, 2.45) is 5.92 Å². The molecule has 0 radical (unpaired) electrons. The van der Waals surface area contributed by atoms with Crippen LogP contribution in [0.5, 0.6) is 0 Å². The highest BCUT2D eigenvalue weighted by Crippen LogP contribution is 2.33. The molecule has 0 amide bonds. The van der Waals surface area contributed by atoms with Gasteiger partial charge in [0.2, 0.25) is 0 Å². The number of likely N-dealkylation sites (N-methyl/N-ethyl adjacent to an activating group) is 1. The van der Waals surface area contributed by atoms with E-state index in [4.69, 9.17) is 0 Å². The molecule has 0 aromatic carbocycles. The summed E-state index contributed by atoms with van der Waals surface area (Å²) in [6, 6.07) is 0. The van der Waals surface area contributed by atoms with Crippen molar-refractivity contribution < 1.29 is 0 Å². The molecule has 1 heterocycles. The topological polar surface area (TPSA) is 50.2 Å². The number of anilines is 1. The highest BCUT2D eigenvalue weighted by molar-refractivity contribution is 5.32. The first-order valence-corrected chi connectivity index (χ1v) is 7.91. The van der Waals surface area contributed by atoms with Crippen LogP contribution in [0, 0.1) is 5.92 Å². The molecule has 0 saturated heterocycles. The maximum Gasteiger partial charge on any atom is 0.293 e. The van der Waals surface area contributed by atoms with E-state index in [0.29, 0.717) is 11.7 Å². The molecule has 5 nitrogen and oxygen atoms in total. The van der Waals surface area contributed by atoms with Crippen LogP contribution in [0.25, 0.3) is 0 Å². The van der Waals surface area contributed by atoms with Crippen LogP contribution in [0.2, 0.25) is 0 Å². The Kier molecular flexibility index (Phi) is 5.04. The lowest BCUT2D eigenvalue weighted by Crippen LogP contribution is -2.48. The third-order valence-corrected chi connectivity index (χ3v) is 4.54. The van der Waals surface area contributed by atoms with Gasteiger partial charge in [-0.25, -0.2) is 4.98 Å². The Hall–Kier alpha value is -1.36. The van der Waals surface area contributed by atoms with Gasteiger partial charge < -0.3 is 14.8 Å². The summed E-state index contributed by atoms with van der Waals surface area (Å²) in [4.78, 5) is 18.9. The number of nitrogens with zero attached hydrogens (tertiary/aromatic N) is 3. The fraction of sp³-hybridized carbons (Fsp3) is 0.750. The lowest BCUT2D eigenvalue weighted by atomic mass is 9.96. The second kappa shape index (κ2) is 6.60. The van der Waals surface area contributed by atoms with Gasteiger partial charge in [0.05, 0.1) is 0 Å². The Morgan fingerprint density at radius 2 is 2.05 bits per heavy atom. The summed E-state index contributed by atoms with van der Waals surface area (Å²) in [7, 11) is 4.25. The maximum atomic E-state index is 12.4. The van der Waals surface area contributed by atoms with Gasteiger partial charge in [0.15, 0.2) is 5.82 Å². The van der Waals surface area contributed by atoms with Gasteiger partial charge in [0, 0.05) is 31.0 Å². The molecule has 21 heavy (non-hydrogen) atoms. The summed E-state index contributed by atoms with van der Waals surface area (Å²) in [5.41, 5.74) is 0.144. The van der Waals surface area contributed by atoms with E-state index in [2.05, 4.69) is 43.1 Å². The van der Waals surface area contributed by atoms with Gasteiger partial charge in [0.25, 0.3) is 5.56 Å². The van der Waals surface area contributed by atoms with Crippen LogP contribution >= 0.6 is 0 Å². The molecule has 1 aliphatic carbocycles. The molecule has 0 unspecified atom stereocenters. The van der Waals surface area contributed by atoms with Crippen LogP contribution in [0.3, 0.4) is 0 Å². The number of rotatable bonds is 6. The van der Waals surface area contributed by atoms with Gasteiger partial charge in [-0.2, -0.15) is 0 Å². The normalized spacial score (nSPS) is 17.6. The van der Waals surface area contributed by atoms with Gasteiger partial charge in [-0.05, 0) is 32.9 Å². The molecular weight excluding hydrogens is 264 g/mol. The van der Waals surface area contributed by atoms with Crippen LogP contribution in [0.4, 0.5) is 5.82 Å². The molecule has 1 aromatic rings. The fourth-order valence-corrected chi connectivity index (χ4v) is 3.17. The molecule has 2 rings (SSSR count). The molecule has 5 heteroatoms. The highest BCUT2D eigenvalue weighted by atomic mass is 16.1. The van der Waals surface area contributed by atoms with E-state index in [1.54, 1.807) is 17.0 Å². The highest BCUT2D eigenvalue weighted by Gasteiger charge is 2.35. The van der Waals surface area contributed by atoms with Crippen LogP contribution in [-0.2, 0) is 6.54 Å². The summed E-state index contributed by atoms with van der Waals surface area (Å²) in [6.07, 6.45) is 8.37. The van der Waals surface area contributed by atoms with E-state index in [1.165, 1.54) is 25.7 Å². The van der Waals surface area contributed by atoms with E-state index < -0.39 is 0 Å². The first kappa shape index (κ1) is 16.0. The number of hydrogen-bond acceptors (Lipinski definition) is 4. The molecule has 1 saturated carbocycles. The third kappa shape index (κ3) is 3.64. The van der Waals surface area contributed by atoms with Crippen molar-refractivity contribution in [1.29, 1.82) is 0 Å². The van der Waals surface area contributed by atoms with Crippen LogP contribution in [-0.4, -0.2) is 40.6 Å². The quantitative estimate of drug-likeness (QED) is 0.873. The summed E-state index contributed by atoms with van der Waals surface area (Å²) in [5, 5.41) is 3.30. The Bertz CT molecular complexity index is 515. The number of aromatic nitrogens is 2. The van der Waals surface area contributed by atoms with Crippen LogP contribution in [0.1, 0.15) is 39.5 Å². The molecule has 1 aromatic heterocycles. The van der Waals surface area contributed by atoms with Crippen molar-refractivity contribution in [2.75, 3.05) is 26.0 Å². The van der Waals surface area contributed by atoms with Crippen molar-refractivity contribution in [3.8, 4) is 0 Å². The van der Waals surface area contributed by atoms with E-state index in [0.717, 1.165) is 13.1 Å². The first-order chi connectivity index (χ1) is 9.94.